The molecule has 0 aromatic heterocycles. The fourth-order valence-corrected chi connectivity index (χ4v) is 2.90. The van der Waals surface area contributed by atoms with E-state index in [0.717, 1.165) is 5.56 Å². The molecule has 0 fully saturated rings. The number of carbonyl (C=O) groups excluding carboxylic acids is 1. The summed E-state index contributed by atoms with van der Waals surface area (Å²) < 4.78 is 22.0. The molecule has 1 unspecified atom stereocenters. The molecule has 2 aromatic rings. The minimum absolute atomic E-state index is 0.0157. The van der Waals surface area contributed by atoms with Crippen LogP contribution in [0.5, 0.6) is 23.0 Å². The third kappa shape index (κ3) is 4.20. The molecular formula is C21H22O7. The van der Waals surface area contributed by atoms with Gasteiger partial charge in [-0.3, -0.25) is 0 Å². The quantitative estimate of drug-likeness (QED) is 0.582. The first-order valence-corrected chi connectivity index (χ1v) is 8.85. The van der Waals surface area contributed by atoms with Crippen LogP contribution >= 0.6 is 0 Å². The third-order valence-electron chi connectivity index (χ3n) is 4.25. The Balaban J connectivity index is 1.85. The van der Waals surface area contributed by atoms with Crippen molar-refractivity contribution in [1.29, 1.82) is 0 Å². The molecule has 2 atom stereocenters. The van der Waals surface area contributed by atoms with Crippen molar-refractivity contribution >= 4 is 12.0 Å². The smallest absolute Gasteiger partial charge is 0.330 e. The highest BCUT2D eigenvalue weighted by Crippen LogP contribution is 2.41. The molecule has 7 nitrogen and oxygen atoms in total. The lowest BCUT2D eigenvalue weighted by atomic mass is 10.0. The van der Waals surface area contributed by atoms with Gasteiger partial charge in [-0.2, -0.15) is 0 Å². The standard InChI is InChI=1S/C21H22O7/c1-3-26-20(24)9-5-13-4-8-16-18(10-13)27-19(12-22)21(28-16)14-6-7-15(23)17(11-14)25-2/h4-11,19,21-23H,3,12H2,1-2H3/b9-5+/t19?,21-/m0/s1. The molecule has 0 aliphatic carbocycles. The predicted octanol–water partition coefficient (Wildman–Crippen LogP) is 2.85. The molecular weight excluding hydrogens is 364 g/mol. The Kier molecular flexibility index (Phi) is 6.06. The molecule has 1 heterocycles. The predicted molar refractivity (Wildman–Crippen MR) is 102 cm³/mol. The Hall–Kier alpha value is -3.19. The van der Waals surface area contributed by atoms with Crippen molar-refractivity contribution in [3.05, 3.63) is 53.6 Å². The van der Waals surface area contributed by atoms with Crippen molar-refractivity contribution in [1.82, 2.24) is 0 Å². The minimum atomic E-state index is -0.647. The topological polar surface area (TPSA) is 94.5 Å². The molecule has 0 saturated carbocycles. The van der Waals surface area contributed by atoms with Gasteiger partial charge in [-0.1, -0.05) is 12.1 Å². The first-order chi connectivity index (χ1) is 13.5. The number of hydrogen-bond acceptors (Lipinski definition) is 7. The molecule has 2 aromatic carbocycles. The van der Waals surface area contributed by atoms with Crippen LogP contribution in [0.2, 0.25) is 0 Å². The summed E-state index contributed by atoms with van der Waals surface area (Å²) in [5.41, 5.74) is 1.43. The van der Waals surface area contributed by atoms with Gasteiger partial charge in [0.2, 0.25) is 0 Å². The molecule has 7 heteroatoms. The van der Waals surface area contributed by atoms with Crippen molar-refractivity contribution in [3.63, 3.8) is 0 Å². The zero-order valence-corrected chi connectivity index (χ0v) is 15.6. The molecule has 2 N–H and O–H groups in total. The van der Waals surface area contributed by atoms with E-state index in [1.807, 2.05) is 0 Å². The molecule has 28 heavy (non-hydrogen) atoms. The van der Waals surface area contributed by atoms with Gasteiger partial charge in [-0.25, -0.2) is 4.79 Å². The van der Waals surface area contributed by atoms with Gasteiger partial charge in [0, 0.05) is 11.6 Å². The van der Waals surface area contributed by atoms with Gasteiger partial charge in [0.1, 0.15) is 0 Å². The van der Waals surface area contributed by atoms with Gasteiger partial charge in [0.25, 0.3) is 0 Å². The highest BCUT2D eigenvalue weighted by molar-refractivity contribution is 5.87. The van der Waals surface area contributed by atoms with Crippen molar-refractivity contribution in [3.8, 4) is 23.0 Å². The van der Waals surface area contributed by atoms with Gasteiger partial charge in [-0.05, 0) is 42.8 Å². The Labute approximate surface area is 162 Å². The van der Waals surface area contributed by atoms with E-state index in [9.17, 15) is 15.0 Å². The Bertz CT molecular complexity index is 875. The minimum Gasteiger partial charge on any atom is -0.504 e. The lowest BCUT2D eigenvalue weighted by molar-refractivity contribution is -0.137. The van der Waals surface area contributed by atoms with E-state index in [1.165, 1.54) is 19.3 Å². The fourth-order valence-electron chi connectivity index (χ4n) is 2.90. The number of aliphatic hydroxyl groups is 1. The number of methoxy groups -OCH3 is 1. The molecule has 0 saturated heterocycles. The zero-order chi connectivity index (χ0) is 20.1. The van der Waals surface area contributed by atoms with Crippen LogP contribution in [0.3, 0.4) is 0 Å². The summed E-state index contributed by atoms with van der Waals surface area (Å²) in [7, 11) is 1.46. The number of esters is 1. The van der Waals surface area contributed by atoms with Crippen molar-refractivity contribution in [2.75, 3.05) is 20.3 Å². The summed E-state index contributed by atoms with van der Waals surface area (Å²) in [4.78, 5) is 11.5. The van der Waals surface area contributed by atoms with E-state index >= 15 is 0 Å². The van der Waals surface area contributed by atoms with Crippen molar-refractivity contribution in [2.45, 2.75) is 19.1 Å². The number of phenolic OH excluding ortho intramolecular Hbond substituents is 1. The number of fused-ring (bicyclic) bond motifs is 1. The summed E-state index contributed by atoms with van der Waals surface area (Å²) in [5, 5.41) is 19.6. The van der Waals surface area contributed by atoms with Crippen LogP contribution in [0.15, 0.2) is 42.5 Å². The maximum absolute atomic E-state index is 11.5. The molecule has 0 bridgehead atoms. The van der Waals surface area contributed by atoms with E-state index in [-0.39, 0.29) is 12.4 Å². The molecule has 1 aliphatic heterocycles. The van der Waals surface area contributed by atoms with E-state index in [0.29, 0.717) is 29.4 Å². The SMILES string of the molecule is CCOC(=O)/C=C/c1ccc2c(c1)OC(CO)[C@H](c1ccc(O)c(OC)c1)O2. The number of carbonyl (C=O) groups is 1. The van der Waals surface area contributed by atoms with Crippen LogP contribution < -0.4 is 14.2 Å². The Morgan fingerprint density at radius 1 is 1.18 bits per heavy atom. The van der Waals surface area contributed by atoms with Crippen molar-refractivity contribution in [2.24, 2.45) is 0 Å². The second-order valence-corrected chi connectivity index (χ2v) is 6.10. The largest absolute Gasteiger partial charge is 0.504 e. The normalized spacial score (nSPS) is 18.1. The summed E-state index contributed by atoms with van der Waals surface area (Å²) in [6, 6.07) is 10.1. The number of aromatic hydroxyl groups is 1. The molecule has 0 radical (unpaired) electrons. The number of benzene rings is 2. The van der Waals surface area contributed by atoms with Crippen LogP contribution in [0.1, 0.15) is 24.2 Å². The van der Waals surface area contributed by atoms with Gasteiger partial charge < -0.3 is 29.2 Å². The highest BCUT2D eigenvalue weighted by Gasteiger charge is 2.33. The highest BCUT2D eigenvalue weighted by atomic mass is 16.6. The van der Waals surface area contributed by atoms with E-state index in [1.54, 1.807) is 43.3 Å². The van der Waals surface area contributed by atoms with Crippen LogP contribution in [0, 0.1) is 0 Å². The second-order valence-electron chi connectivity index (χ2n) is 6.10. The summed E-state index contributed by atoms with van der Waals surface area (Å²) in [6.45, 7) is 1.78. The molecule has 1 aliphatic rings. The summed E-state index contributed by atoms with van der Waals surface area (Å²) >= 11 is 0. The van der Waals surface area contributed by atoms with Crippen LogP contribution in [-0.2, 0) is 9.53 Å². The van der Waals surface area contributed by atoms with Crippen LogP contribution in [-0.4, -0.2) is 42.6 Å². The average Bonchev–Trinajstić information content (AvgIpc) is 2.71. The summed E-state index contributed by atoms with van der Waals surface area (Å²) in [5.74, 6) is 0.874. The van der Waals surface area contributed by atoms with Gasteiger partial charge in [0.05, 0.1) is 20.3 Å². The second kappa shape index (κ2) is 8.67. The molecule has 3 rings (SSSR count). The van der Waals surface area contributed by atoms with Crippen LogP contribution in [0.4, 0.5) is 0 Å². The number of ether oxygens (including phenoxy) is 4. The van der Waals surface area contributed by atoms with E-state index < -0.39 is 18.2 Å². The maximum atomic E-state index is 11.5. The van der Waals surface area contributed by atoms with E-state index in [2.05, 4.69) is 0 Å². The van der Waals surface area contributed by atoms with Gasteiger partial charge in [-0.15, -0.1) is 0 Å². The number of aliphatic hydroxyl groups excluding tert-OH is 1. The third-order valence-corrected chi connectivity index (χ3v) is 4.25. The Morgan fingerprint density at radius 3 is 2.71 bits per heavy atom. The average molecular weight is 386 g/mol. The lowest BCUT2D eigenvalue weighted by Crippen LogP contribution is -2.36. The fraction of sp³-hybridized carbons (Fsp3) is 0.286. The number of phenols is 1. The molecule has 0 amide bonds. The Morgan fingerprint density at radius 2 is 2.00 bits per heavy atom. The van der Waals surface area contributed by atoms with E-state index in [4.69, 9.17) is 18.9 Å². The van der Waals surface area contributed by atoms with Crippen LogP contribution in [0.25, 0.3) is 6.08 Å². The van der Waals surface area contributed by atoms with Gasteiger partial charge in [0.15, 0.2) is 35.2 Å². The molecule has 148 valence electrons. The molecule has 0 spiro atoms. The van der Waals surface area contributed by atoms with Gasteiger partial charge >= 0.3 is 5.97 Å². The first-order valence-electron chi connectivity index (χ1n) is 8.85. The number of hydrogen-bond donors (Lipinski definition) is 2. The monoisotopic (exact) mass is 386 g/mol. The first kappa shape index (κ1) is 19.6. The summed E-state index contributed by atoms with van der Waals surface area (Å²) in [6.07, 6.45) is 1.73. The van der Waals surface area contributed by atoms with Crippen molar-refractivity contribution < 1.29 is 34.0 Å². The lowest BCUT2D eigenvalue weighted by Gasteiger charge is -2.33. The zero-order valence-electron chi connectivity index (χ0n) is 15.6. The number of rotatable bonds is 6. The maximum Gasteiger partial charge on any atom is 0.330 e.